The number of amides is 2. The first kappa shape index (κ1) is 21.1. The van der Waals surface area contributed by atoms with Crippen LogP contribution >= 0.6 is 11.3 Å². The highest BCUT2D eigenvalue weighted by molar-refractivity contribution is 7.17. The van der Waals surface area contributed by atoms with Crippen LogP contribution in [0.3, 0.4) is 0 Å². The summed E-state index contributed by atoms with van der Waals surface area (Å²) >= 11 is 1.37. The lowest BCUT2D eigenvalue weighted by molar-refractivity contribution is -0.134. The Morgan fingerprint density at radius 1 is 1.06 bits per heavy atom. The number of carbonyl (C=O) groups is 2. The van der Waals surface area contributed by atoms with Crippen LogP contribution in [0.25, 0.3) is 10.4 Å². The molecule has 1 aliphatic heterocycles. The monoisotopic (exact) mass is 435 g/mol. The predicted octanol–water partition coefficient (Wildman–Crippen LogP) is 4.13. The van der Waals surface area contributed by atoms with Crippen molar-refractivity contribution in [2.45, 2.75) is 25.8 Å². The topological polar surface area (TPSA) is 71.5 Å². The number of likely N-dealkylation sites (tertiary alicyclic amines) is 1. The SMILES string of the molecule is O=C(NCc1cccnc1)c1sc(-c2ccccc2)cc1OCC(=O)N1CCCCC1. The van der Waals surface area contributed by atoms with Crippen LogP contribution < -0.4 is 10.1 Å². The maximum absolute atomic E-state index is 12.9. The molecule has 2 amide bonds. The van der Waals surface area contributed by atoms with Crippen molar-refractivity contribution >= 4 is 23.2 Å². The molecule has 1 N–H and O–H groups in total. The van der Waals surface area contributed by atoms with Crippen molar-refractivity contribution in [3.8, 4) is 16.2 Å². The van der Waals surface area contributed by atoms with Gasteiger partial charge in [-0.15, -0.1) is 11.3 Å². The van der Waals surface area contributed by atoms with E-state index in [1.165, 1.54) is 11.3 Å². The van der Waals surface area contributed by atoms with Gasteiger partial charge < -0.3 is 15.0 Å². The summed E-state index contributed by atoms with van der Waals surface area (Å²) in [4.78, 5) is 32.8. The largest absolute Gasteiger partial charge is 0.482 e. The molecule has 1 saturated heterocycles. The molecular formula is C24H25N3O3S. The Labute approximate surface area is 185 Å². The van der Waals surface area contributed by atoms with E-state index in [1.54, 1.807) is 12.4 Å². The maximum Gasteiger partial charge on any atom is 0.265 e. The maximum atomic E-state index is 12.9. The fourth-order valence-corrected chi connectivity index (χ4v) is 4.55. The summed E-state index contributed by atoms with van der Waals surface area (Å²) in [6.45, 7) is 1.87. The van der Waals surface area contributed by atoms with Gasteiger partial charge in [0.25, 0.3) is 11.8 Å². The minimum absolute atomic E-state index is 0.0334. The van der Waals surface area contributed by atoms with Gasteiger partial charge in [-0.1, -0.05) is 36.4 Å². The highest BCUT2D eigenvalue weighted by atomic mass is 32.1. The number of aromatic nitrogens is 1. The molecule has 7 heteroatoms. The molecule has 1 aromatic carbocycles. The highest BCUT2D eigenvalue weighted by Crippen LogP contribution is 2.36. The van der Waals surface area contributed by atoms with Gasteiger partial charge in [0, 0.05) is 36.9 Å². The summed E-state index contributed by atoms with van der Waals surface area (Å²) in [7, 11) is 0. The first-order valence-electron chi connectivity index (χ1n) is 10.5. The molecule has 0 unspecified atom stereocenters. The normalized spacial score (nSPS) is 13.6. The van der Waals surface area contributed by atoms with Crippen LogP contribution in [0.5, 0.6) is 5.75 Å². The van der Waals surface area contributed by atoms with E-state index in [1.807, 2.05) is 53.4 Å². The number of nitrogens with one attached hydrogen (secondary N) is 1. The van der Waals surface area contributed by atoms with E-state index in [4.69, 9.17) is 4.74 Å². The lowest BCUT2D eigenvalue weighted by Gasteiger charge is -2.26. The van der Waals surface area contributed by atoms with Gasteiger partial charge in [0.05, 0.1) is 0 Å². The Balaban J connectivity index is 1.50. The molecule has 2 aromatic heterocycles. The molecule has 0 atom stereocenters. The van der Waals surface area contributed by atoms with E-state index in [0.717, 1.165) is 48.4 Å². The number of nitrogens with zero attached hydrogens (tertiary/aromatic N) is 2. The van der Waals surface area contributed by atoms with Gasteiger partial charge in [0.15, 0.2) is 6.61 Å². The molecule has 31 heavy (non-hydrogen) atoms. The fraction of sp³-hybridized carbons (Fsp3) is 0.292. The Hall–Kier alpha value is -3.19. The minimum Gasteiger partial charge on any atom is -0.482 e. The molecule has 0 bridgehead atoms. The first-order chi connectivity index (χ1) is 15.2. The van der Waals surface area contributed by atoms with Crippen LogP contribution in [0.15, 0.2) is 60.9 Å². The molecule has 6 nitrogen and oxygen atoms in total. The number of pyridine rings is 1. The van der Waals surface area contributed by atoms with E-state index in [-0.39, 0.29) is 18.4 Å². The number of hydrogen-bond acceptors (Lipinski definition) is 5. The molecular weight excluding hydrogens is 410 g/mol. The van der Waals surface area contributed by atoms with Crippen molar-refractivity contribution in [3.63, 3.8) is 0 Å². The van der Waals surface area contributed by atoms with Crippen LogP contribution in [-0.2, 0) is 11.3 Å². The average Bonchev–Trinajstić information content (AvgIpc) is 3.27. The van der Waals surface area contributed by atoms with Crippen molar-refractivity contribution in [2.24, 2.45) is 0 Å². The van der Waals surface area contributed by atoms with Crippen LogP contribution in [0.4, 0.5) is 0 Å². The van der Waals surface area contributed by atoms with Gasteiger partial charge in [-0.2, -0.15) is 0 Å². The Morgan fingerprint density at radius 2 is 1.87 bits per heavy atom. The quantitative estimate of drug-likeness (QED) is 0.606. The van der Waals surface area contributed by atoms with E-state index in [2.05, 4.69) is 10.3 Å². The van der Waals surface area contributed by atoms with Gasteiger partial charge in [-0.3, -0.25) is 14.6 Å². The number of rotatable bonds is 7. The summed E-state index contributed by atoms with van der Waals surface area (Å²) in [5.74, 6) is 0.184. The molecule has 160 valence electrons. The molecule has 0 aliphatic carbocycles. The van der Waals surface area contributed by atoms with Gasteiger partial charge >= 0.3 is 0 Å². The highest BCUT2D eigenvalue weighted by Gasteiger charge is 2.21. The summed E-state index contributed by atoms with van der Waals surface area (Å²) in [5.41, 5.74) is 1.92. The first-order valence-corrected chi connectivity index (χ1v) is 11.3. The van der Waals surface area contributed by atoms with Crippen molar-refractivity contribution in [2.75, 3.05) is 19.7 Å². The average molecular weight is 436 g/mol. The molecule has 1 fully saturated rings. The molecule has 1 aliphatic rings. The van der Waals surface area contributed by atoms with E-state index < -0.39 is 0 Å². The number of hydrogen-bond donors (Lipinski definition) is 1. The second-order valence-corrected chi connectivity index (χ2v) is 8.50. The number of ether oxygens (including phenoxy) is 1. The smallest absolute Gasteiger partial charge is 0.265 e. The van der Waals surface area contributed by atoms with E-state index in [0.29, 0.717) is 17.2 Å². The van der Waals surface area contributed by atoms with Crippen LogP contribution in [0.2, 0.25) is 0 Å². The molecule has 4 rings (SSSR count). The lowest BCUT2D eigenvalue weighted by Crippen LogP contribution is -2.38. The summed E-state index contributed by atoms with van der Waals surface area (Å²) in [6.07, 6.45) is 6.65. The van der Waals surface area contributed by atoms with Crippen LogP contribution in [-0.4, -0.2) is 41.4 Å². The third-order valence-electron chi connectivity index (χ3n) is 5.20. The van der Waals surface area contributed by atoms with Crippen molar-refractivity contribution in [3.05, 3.63) is 71.4 Å². The van der Waals surface area contributed by atoms with Crippen LogP contribution in [0, 0.1) is 0 Å². The van der Waals surface area contributed by atoms with Gasteiger partial charge in [0.1, 0.15) is 10.6 Å². The molecule has 0 spiro atoms. The van der Waals surface area contributed by atoms with Crippen molar-refractivity contribution < 1.29 is 14.3 Å². The van der Waals surface area contributed by atoms with Crippen LogP contribution in [0.1, 0.15) is 34.5 Å². The number of thiophene rings is 1. The molecule has 0 radical (unpaired) electrons. The summed E-state index contributed by atoms with van der Waals surface area (Å²) in [6, 6.07) is 15.4. The number of carbonyl (C=O) groups excluding carboxylic acids is 2. The standard InChI is InChI=1S/C24H25N3O3S/c28-22(27-12-5-2-6-13-27)17-30-20-14-21(19-9-3-1-4-10-19)31-23(20)24(29)26-16-18-8-7-11-25-15-18/h1,3-4,7-11,14-15H,2,5-6,12-13,16-17H2,(H,26,29). The zero-order valence-electron chi connectivity index (χ0n) is 17.3. The van der Waals surface area contributed by atoms with Crippen molar-refractivity contribution in [1.82, 2.24) is 15.2 Å². The lowest BCUT2D eigenvalue weighted by atomic mass is 10.1. The third kappa shape index (κ3) is 5.49. The van der Waals surface area contributed by atoms with E-state index >= 15 is 0 Å². The second-order valence-electron chi connectivity index (χ2n) is 7.44. The van der Waals surface area contributed by atoms with Crippen molar-refractivity contribution in [1.29, 1.82) is 0 Å². The Kier molecular flexibility index (Phi) is 6.94. The fourth-order valence-electron chi connectivity index (χ4n) is 3.52. The molecule has 3 heterocycles. The zero-order chi connectivity index (χ0) is 21.5. The number of piperidine rings is 1. The van der Waals surface area contributed by atoms with E-state index in [9.17, 15) is 9.59 Å². The molecule has 0 saturated carbocycles. The summed E-state index contributed by atoms with van der Waals surface area (Å²) in [5, 5.41) is 2.93. The minimum atomic E-state index is -0.226. The third-order valence-corrected chi connectivity index (χ3v) is 6.36. The summed E-state index contributed by atoms with van der Waals surface area (Å²) < 4.78 is 5.87. The number of benzene rings is 1. The Bertz CT molecular complexity index is 1020. The Morgan fingerprint density at radius 3 is 2.61 bits per heavy atom. The van der Waals surface area contributed by atoms with Gasteiger partial charge in [-0.05, 0) is 42.5 Å². The van der Waals surface area contributed by atoms with Gasteiger partial charge in [0.2, 0.25) is 0 Å². The predicted molar refractivity (Wildman–Crippen MR) is 121 cm³/mol. The molecule has 3 aromatic rings. The second kappa shape index (κ2) is 10.2. The van der Waals surface area contributed by atoms with Gasteiger partial charge in [-0.25, -0.2) is 0 Å². The zero-order valence-corrected chi connectivity index (χ0v) is 18.1.